The molecular weight excluding hydrogens is 356 g/mol. The highest BCUT2D eigenvalue weighted by atomic mass is 32.1. The fourth-order valence-corrected chi connectivity index (χ4v) is 2.91. The Morgan fingerprint density at radius 2 is 1.70 bits per heavy atom. The maximum absolute atomic E-state index is 12.3. The van der Waals surface area contributed by atoms with Crippen LogP contribution in [0, 0.1) is 6.92 Å². The van der Waals surface area contributed by atoms with Gasteiger partial charge in [0, 0.05) is 10.5 Å². The fourth-order valence-electron chi connectivity index (χ4n) is 2.69. The first-order valence-corrected chi connectivity index (χ1v) is 8.89. The van der Waals surface area contributed by atoms with E-state index in [4.69, 9.17) is 4.74 Å². The molecule has 0 saturated heterocycles. The van der Waals surface area contributed by atoms with E-state index in [-0.39, 0.29) is 0 Å². The van der Waals surface area contributed by atoms with Gasteiger partial charge in [0.05, 0.1) is 28.5 Å². The van der Waals surface area contributed by atoms with E-state index in [2.05, 4.69) is 22.6 Å². The first-order chi connectivity index (χ1) is 13.1. The molecule has 0 aliphatic carbocycles. The molecule has 4 aromatic rings. The van der Waals surface area contributed by atoms with Gasteiger partial charge in [-0.2, -0.15) is 0 Å². The number of esters is 1. The lowest BCUT2D eigenvalue weighted by Crippen LogP contribution is -2.08. The Bertz CT molecular complexity index is 1140. The third-order valence-corrected chi connectivity index (χ3v) is 4.74. The Morgan fingerprint density at radius 3 is 2.44 bits per heavy atom. The molecule has 0 N–H and O–H groups in total. The van der Waals surface area contributed by atoms with Gasteiger partial charge in [-0.25, -0.2) is 9.78 Å². The third-order valence-electron chi connectivity index (χ3n) is 4.25. The van der Waals surface area contributed by atoms with Crippen LogP contribution in [0.5, 0.6) is 5.75 Å². The zero-order valence-corrected chi connectivity index (χ0v) is 15.5. The van der Waals surface area contributed by atoms with Crippen molar-refractivity contribution in [2.24, 2.45) is 0 Å². The molecule has 0 amide bonds. The minimum atomic E-state index is -0.413. The van der Waals surface area contributed by atoms with Gasteiger partial charge in [-0.1, -0.05) is 18.2 Å². The quantitative estimate of drug-likeness (QED) is 0.308. The Morgan fingerprint density at radius 1 is 0.963 bits per heavy atom. The van der Waals surface area contributed by atoms with Crippen LogP contribution in [-0.4, -0.2) is 15.9 Å². The van der Waals surface area contributed by atoms with Gasteiger partial charge in [0.15, 0.2) is 0 Å². The van der Waals surface area contributed by atoms with E-state index in [0.29, 0.717) is 11.3 Å². The van der Waals surface area contributed by atoms with Gasteiger partial charge in [0.1, 0.15) is 5.75 Å². The van der Waals surface area contributed by atoms with Crippen molar-refractivity contribution < 1.29 is 9.53 Å². The molecule has 4 rings (SSSR count). The van der Waals surface area contributed by atoms with Gasteiger partial charge in [-0.3, -0.25) is 4.98 Å². The monoisotopic (exact) mass is 372 g/mol. The van der Waals surface area contributed by atoms with Crippen LogP contribution in [0.25, 0.3) is 22.3 Å². The Kier molecular flexibility index (Phi) is 4.60. The number of hydrogen-bond acceptors (Lipinski definition) is 5. The van der Waals surface area contributed by atoms with Gasteiger partial charge >= 0.3 is 5.97 Å². The highest BCUT2D eigenvalue weighted by Gasteiger charge is 2.10. The van der Waals surface area contributed by atoms with Crippen molar-refractivity contribution in [3.63, 3.8) is 0 Å². The molecule has 5 heteroatoms. The Balaban J connectivity index is 1.54. The lowest BCUT2D eigenvalue weighted by atomic mass is 10.1. The van der Waals surface area contributed by atoms with Crippen molar-refractivity contribution in [3.05, 3.63) is 84.1 Å². The van der Waals surface area contributed by atoms with E-state index in [9.17, 15) is 4.79 Å². The van der Waals surface area contributed by atoms with E-state index in [0.717, 1.165) is 32.7 Å². The average molecular weight is 372 g/mol. The second-order valence-electron chi connectivity index (χ2n) is 6.16. The molecule has 3 aromatic carbocycles. The number of aromatic nitrogens is 2. The second kappa shape index (κ2) is 7.21. The van der Waals surface area contributed by atoms with E-state index < -0.39 is 5.97 Å². The number of aryl methyl sites for hydroxylation is 1. The fraction of sp³-hybridized carbons (Fsp3) is 0.0455. The highest BCUT2D eigenvalue weighted by Crippen LogP contribution is 2.23. The molecule has 0 bridgehead atoms. The SMILES string of the molecule is Cc1ccc(C(=O)Oc2ccc(-c3cnc4ccccc4n3)cc2)cc1S. The Hall–Kier alpha value is -3.18. The molecular formula is C22H16N2O2S. The van der Waals surface area contributed by atoms with Crippen LogP contribution in [0.15, 0.2) is 77.8 Å². The van der Waals surface area contributed by atoms with E-state index in [1.54, 1.807) is 30.5 Å². The lowest BCUT2D eigenvalue weighted by molar-refractivity contribution is 0.0734. The van der Waals surface area contributed by atoms with Gasteiger partial charge in [-0.05, 0) is 61.0 Å². The summed E-state index contributed by atoms with van der Waals surface area (Å²) in [4.78, 5) is 22.1. The van der Waals surface area contributed by atoms with Gasteiger partial charge in [0.2, 0.25) is 0 Å². The number of carbonyl (C=O) groups excluding carboxylic acids is 1. The summed E-state index contributed by atoms with van der Waals surface area (Å²) in [5.41, 5.74) is 4.84. The molecule has 0 aliphatic rings. The van der Waals surface area contributed by atoms with Crippen LogP contribution < -0.4 is 4.74 Å². The van der Waals surface area contributed by atoms with Crippen molar-refractivity contribution in [1.82, 2.24) is 9.97 Å². The topological polar surface area (TPSA) is 52.1 Å². The summed E-state index contributed by atoms with van der Waals surface area (Å²) in [7, 11) is 0. The molecule has 0 radical (unpaired) electrons. The van der Waals surface area contributed by atoms with E-state index in [1.807, 2.05) is 49.4 Å². The maximum atomic E-state index is 12.3. The maximum Gasteiger partial charge on any atom is 0.343 e. The number of fused-ring (bicyclic) bond motifs is 1. The standard InChI is InChI=1S/C22H16N2O2S/c1-14-6-7-16(12-21(14)27)22(25)26-17-10-8-15(9-11-17)20-13-23-18-4-2-3-5-19(18)24-20/h2-13,27H,1H3. The summed E-state index contributed by atoms with van der Waals surface area (Å²) in [6.45, 7) is 1.94. The van der Waals surface area contributed by atoms with Crippen LogP contribution in [0.1, 0.15) is 15.9 Å². The molecule has 4 nitrogen and oxygen atoms in total. The average Bonchev–Trinajstić information content (AvgIpc) is 2.70. The second-order valence-corrected chi connectivity index (χ2v) is 6.64. The number of rotatable bonds is 3. The van der Waals surface area contributed by atoms with Crippen molar-refractivity contribution in [1.29, 1.82) is 0 Å². The summed E-state index contributed by atoms with van der Waals surface area (Å²) in [6.07, 6.45) is 1.74. The zero-order chi connectivity index (χ0) is 18.8. The van der Waals surface area contributed by atoms with E-state index >= 15 is 0 Å². The Labute approximate surface area is 162 Å². The number of carbonyl (C=O) groups is 1. The zero-order valence-electron chi connectivity index (χ0n) is 14.6. The summed E-state index contributed by atoms with van der Waals surface area (Å²) < 4.78 is 5.45. The lowest BCUT2D eigenvalue weighted by Gasteiger charge is -2.07. The normalized spacial score (nSPS) is 10.7. The molecule has 0 aliphatic heterocycles. The minimum absolute atomic E-state index is 0.413. The molecule has 1 aromatic heterocycles. The van der Waals surface area contributed by atoms with Gasteiger partial charge in [0.25, 0.3) is 0 Å². The largest absolute Gasteiger partial charge is 0.423 e. The van der Waals surface area contributed by atoms with Crippen LogP contribution in [0.3, 0.4) is 0 Å². The van der Waals surface area contributed by atoms with Crippen molar-refractivity contribution in [2.45, 2.75) is 11.8 Å². The van der Waals surface area contributed by atoms with Gasteiger partial charge < -0.3 is 4.74 Å². The van der Waals surface area contributed by atoms with Crippen LogP contribution in [-0.2, 0) is 0 Å². The number of nitrogens with zero attached hydrogens (tertiary/aromatic N) is 2. The number of hydrogen-bond donors (Lipinski definition) is 1. The third kappa shape index (κ3) is 3.68. The summed E-state index contributed by atoms with van der Waals surface area (Å²) >= 11 is 4.35. The van der Waals surface area contributed by atoms with E-state index in [1.165, 1.54) is 0 Å². The molecule has 27 heavy (non-hydrogen) atoms. The number of ether oxygens (including phenoxy) is 1. The van der Waals surface area contributed by atoms with Crippen molar-refractivity contribution >= 4 is 29.6 Å². The number of para-hydroxylation sites is 2. The highest BCUT2D eigenvalue weighted by molar-refractivity contribution is 7.80. The molecule has 0 atom stereocenters. The molecule has 0 unspecified atom stereocenters. The molecule has 0 fully saturated rings. The summed E-state index contributed by atoms with van der Waals surface area (Å²) in [5.74, 6) is 0.0577. The molecule has 0 spiro atoms. The summed E-state index contributed by atoms with van der Waals surface area (Å²) in [6, 6.07) is 20.2. The minimum Gasteiger partial charge on any atom is -0.423 e. The number of thiol groups is 1. The smallest absolute Gasteiger partial charge is 0.343 e. The van der Waals surface area contributed by atoms with Crippen molar-refractivity contribution in [2.75, 3.05) is 0 Å². The number of benzene rings is 3. The van der Waals surface area contributed by atoms with Crippen LogP contribution in [0.2, 0.25) is 0 Å². The van der Waals surface area contributed by atoms with Crippen LogP contribution >= 0.6 is 12.6 Å². The molecule has 0 saturated carbocycles. The first-order valence-electron chi connectivity index (χ1n) is 8.44. The molecule has 132 valence electrons. The predicted molar refractivity (Wildman–Crippen MR) is 108 cm³/mol. The predicted octanol–water partition coefficient (Wildman–Crippen LogP) is 5.11. The van der Waals surface area contributed by atoms with Crippen molar-refractivity contribution in [3.8, 4) is 17.0 Å². The van der Waals surface area contributed by atoms with Crippen LogP contribution in [0.4, 0.5) is 0 Å². The van der Waals surface area contributed by atoms with Gasteiger partial charge in [-0.15, -0.1) is 12.6 Å². The molecule has 1 heterocycles. The summed E-state index contributed by atoms with van der Waals surface area (Å²) in [5, 5.41) is 0. The first kappa shape index (κ1) is 17.2.